The highest BCUT2D eigenvalue weighted by Crippen LogP contribution is 2.22. The number of aliphatic hydroxyl groups is 2. The van der Waals surface area contributed by atoms with E-state index in [0.29, 0.717) is 5.56 Å². The van der Waals surface area contributed by atoms with Crippen LogP contribution in [-0.2, 0) is 14.3 Å². The lowest BCUT2D eigenvalue weighted by atomic mass is 10.1. The molecule has 0 spiro atoms. The SMILES string of the molecule is COC(=O)[C@H]1O[C@H](C#Cc2ccc(C#Cc3ccc(OC)cc3)cc2)[C@@H](O)[C@H]1O. The first-order chi connectivity index (χ1) is 14.0. The molecule has 3 rings (SSSR count). The molecule has 29 heavy (non-hydrogen) atoms. The monoisotopic (exact) mass is 392 g/mol. The van der Waals surface area contributed by atoms with Crippen LogP contribution in [0.25, 0.3) is 0 Å². The minimum Gasteiger partial charge on any atom is -0.497 e. The molecule has 1 fully saturated rings. The maximum atomic E-state index is 11.5. The minimum atomic E-state index is -1.38. The number of rotatable bonds is 2. The van der Waals surface area contributed by atoms with Gasteiger partial charge in [0.2, 0.25) is 0 Å². The number of esters is 1. The number of carbonyl (C=O) groups is 1. The topological polar surface area (TPSA) is 85.2 Å². The van der Waals surface area contributed by atoms with Crippen molar-refractivity contribution in [1.82, 2.24) is 0 Å². The van der Waals surface area contributed by atoms with Crippen molar-refractivity contribution in [1.29, 1.82) is 0 Å². The van der Waals surface area contributed by atoms with Gasteiger partial charge in [0.25, 0.3) is 0 Å². The lowest BCUT2D eigenvalue weighted by Gasteiger charge is -2.10. The van der Waals surface area contributed by atoms with E-state index in [2.05, 4.69) is 28.4 Å². The summed E-state index contributed by atoms with van der Waals surface area (Å²) < 4.78 is 15.0. The van der Waals surface area contributed by atoms with Crippen LogP contribution in [0.2, 0.25) is 0 Å². The highest BCUT2D eigenvalue weighted by atomic mass is 16.6. The number of ether oxygens (including phenoxy) is 3. The van der Waals surface area contributed by atoms with Crippen LogP contribution in [0.1, 0.15) is 16.7 Å². The van der Waals surface area contributed by atoms with Crippen LogP contribution < -0.4 is 4.74 Å². The van der Waals surface area contributed by atoms with Gasteiger partial charge in [0.05, 0.1) is 14.2 Å². The van der Waals surface area contributed by atoms with Crippen LogP contribution in [0.4, 0.5) is 0 Å². The van der Waals surface area contributed by atoms with Crippen LogP contribution in [0.3, 0.4) is 0 Å². The van der Waals surface area contributed by atoms with Gasteiger partial charge in [-0.3, -0.25) is 0 Å². The summed E-state index contributed by atoms with van der Waals surface area (Å²) in [5, 5.41) is 19.9. The molecular formula is C23H20O6. The van der Waals surface area contributed by atoms with E-state index in [0.717, 1.165) is 16.9 Å². The highest BCUT2D eigenvalue weighted by Gasteiger charge is 2.46. The van der Waals surface area contributed by atoms with Crippen molar-refractivity contribution < 1.29 is 29.2 Å². The van der Waals surface area contributed by atoms with Crippen molar-refractivity contribution in [2.75, 3.05) is 14.2 Å². The quantitative estimate of drug-likeness (QED) is 0.588. The van der Waals surface area contributed by atoms with Gasteiger partial charge in [0.15, 0.2) is 6.10 Å². The molecule has 6 nitrogen and oxygen atoms in total. The standard InChI is InChI=1S/C23H20O6/c1-27-18-12-9-17(10-13-18)8-5-15-3-6-16(7-4-15)11-14-19-20(24)21(25)22(29-19)23(26)28-2/h3-4,6-7,9-10,12-13,19-22,24-25H,1-2H3/t19-,20-,21-,22+/m1/s1. The van der Waals surface area contributed by atoms with Gasteiger partial charge in [-0.25, -0.2) is 4.79 Å². The molecule has 1 aliphatic heterocycles. The first kappa shape index (κ1) is 20.4. The predicted molar refractivity (Wildman–Crippen MR) is 105 cm³/mol. The fourth-order valence-corrected chi connectivity index (χ4v) is 2.72. The average Bonchev–Trinajstić information content (AvgIpc) is 3.05. The van der Waals surface area contributed by atoms with E-state index in [-0.39, 0.29) is 0 Å². The fourth-order valence-electron chi connectivity index (χ4n) is 2.72. The van der Waals surface area contributed by atoms with Gasteiger partial charge in [-0.2, -0.15) is 0 Å². The van der Waals surface area contributed by atoms with Crippen molar-refractivity contribution in [3.05, 3.63) is 65.2 Å². The predicted octanol–water partition coefficient (Wildman–Crippen LogP) is 1.11. The third-order valence-electron chi connectivity index (χ3n) is 4.38. The second-order valence-electron chi connectivity index (χ2n) is 6.31. The molecule has 1 saturated heterocycles. The summed E-state index contributed by atoms with van der Waals surface area (Å²) in [6, 6.07) is 14.7. The molecule has 0 saturated carbocycles. The smallest absolute Gasteiger partial charge is 0.337 e. The van der Waals surface area contributed by atoms with Crippen molar-refractivity contribution in [3.63, 3.8) is 0 Å². The molecule has 2 N–H and O–H groups in total. The second-order valence-corrected chi connectivity index (χ2v) is 6.31. The van der Waals surface area contributed by atoms with E-state index in [1.807, 2.05) is 36.4 Å². The van der Waals surface area contributed by atoms with Crippen LogP contribution in [0.5, 0.6) is 5.75 Å². The van der Waals surface area contributed by atoms with Crippen LogP contribution in [-0.4, -0.2) is 54.8 Å². The summed E-state index contributed by atoms with van der Waals surface area (Å²) in [6.45, 7) is 0. The summed E-state index contributed by atoms with van der Waals surface area (Å²) in [4.78, 5) is 11.5. The zero-order valence-corrected chi connectivity index (χ0v) is 16.0. The summed E-state index contributed by atoms with van der Waals surface area (Å²) in [5.74, 6) is 11.8. The van der Waals surface area contributed by atoms with Gasteiger partial charge in [-0.15, -0.1) is 0 Å². The maximum Gasteiger partial charge on any atom is 0.337 e. The highest BCUT2D eigenvalue weighted by molar-refractivity contribution is 5.76. The van der Waals surface area contributed by atoms with Gasteiger partial charge in [-0.1, -0.05) is 23.7 Å². The van der Waals surface area contributed by atoms with Crippen molar-refractivity contribution in [2.24, 2.45) is 0 Å². The summed E-state index contributed by atoms with van der Waals surface area (Å²) in [5.41, 5.74) is 2.39. The number of hydrogen-bond acceptors (Lipinski definition) is 6. The summed E-state index contributed by atoms with van der Waals surface area (Å²) in [7, 11) is 2.80. The molecule has 1 heterocycles. The molecule has 0 bridgehead atoms. The van der Waals surface area contributed by atoms with Crippen LogP contribution >= 0.6 is 0 Å². The number of aliphatic hydroxyl groups excluding tert-OH is 2. The van der Waals surface area contributed by atoms with Gasteiger partial charge >= 0.3 is 5.97 Å². The number of benzene rings is 2. The summed E-state index contributed by atoms with van der Waals surface area (Å²) in [6.07, 6.45) is -4.90. The molecule has 0 radical (unpaired) electrons. The second kappa shape index (κ2) is 9.27. The first-order valence-corrected chi connectivity index (χ1v) is 8.89. The van der Waals surface area contributed by atoms with E-state index in [1.54, 1.807) is 19.2 Å². The van der Waals surface area contributed by atoms with Crippen molar-refractivity contribution >= 4 is 5.97 Å². The molecule has 6 heteroatoms. The normalized spacial score (nSPS) is 22.6. The van der Waals surface area contributed by atoms with Crippen molar-refractivity contribution in [3.8, 4) is 29.4 Å². The van der Waals surface area contributed by atoms with Gasteiger partial charge in [0, 0.05) is 16.7 Å². The third kappa shape index (κ3) is 4.96. The largest absolute Gasteiger partial charge is 0.497 e. The third-order valence-corrected chi connectivity index (χ3v) is 4.38. The average molecular weight is 392 g/mol. The fraction of sp³-hybridized carbons (Fsp3) is 0.261. The van der Waals surface area contributed by atoms with E-state index in [4.69, 9.17) is 9.47 Å². The molecule has 4 atom stereocenters. The zero-order chi connectivity index (χ0) is 20.8. The molecule has 148 valence electrons. The number of methoxy groups -OCH3 is 2. The van der Waals surface area contributed by atoms with E-state index >= 15 is 0 Å². The van der Waals surface area contributed by atoms with Crippen molar-refractivity contribution in [2.45, 2.75) is 24.4 Å². The van der Waals surface area contributed by atoms with E-state index in [1.165, 1.54) is 7.11 Å². The Morgan fingerprint density at radius 3 is 1.90 bits per heavy atom. The number of hydrogen-bond donors (Lipinski definition) is 2. The van der Waals surface area contributed by atoms with E-state index in [9.17, 15) is 15.0 Å². The Hall–Kier alpha value is -3.29. The maximum absolute atomic E-state index is 11.5. The summed E-state index contributed by atoms with van der Waals surface area (Å²) >= 11 is 0. The van der Waals surface area contributed by atoms with Crippen LogP contribution in [0.15, 0.2) is 48.5 Å². The zero-order valence-electron chi connectivity index (χ0n) is 16.0. The Bertz CT molecular complexity index is 973. The molecule has 0 aromatic heterocycles. The minimum absolute atomic E-state index is 0.687. The van der Waals surface area contributed by atoms with Gasteiger partial charge in [-0.05, 0) is 48.5 Å². The first-order valence-electron chi connectivity index (χ1n) is 8.89. The van der Waals surface area contributed by atoms with Gasteiger partial charge in [0.1, 0.15) is 24.1 Å². The Balaban J connectivity index is 1.66. The molecule has 0 unspecified atom stereocenters. The lowest BCUT2D eigenvalue weighted by Crippen LogP contribution is -2.36. The Morgan fingerprint density at radius 1 is 0.862 bits per heavy atom. The van der Waals surface area contributed by atoms with Gasteiger partial charge < -0.3 is 24.4 Å². The molecule has 2 aromatic rings. The Kier molecular flexibility index (Phi) is 6.54. The Labute approximate surface area is 169 Å². The number of carbonyl (C=O) groups excluding carboxylic acids is 1. The van der Waals surface area contributed by atoms with Crippen LogP contribution in [0, 0.1) is 23.7 Å². The molecule has 0 aliphatic carbocycles. The van der Waals surface area contributed by atoms with E-state index < -0.39 is 30.4 Å². The molecular weight excluding hydrogens is 372 g/mol. The Morgan fingerprint density at radius 2 is 1.38 bits per heavy atom. The molecule has 1 aliphatic rings. The lowest BCUT2D eigenvalue weighted by molar-refractivity contribution is -0.156. The molecule has 2 aromatic carbocycles. The molecule has 0 amide bonds.